The first-order valence-corrected chi connectivity index (χ1v) is 6.46. The predicted molar refractivity (Wildman–Crippen MR) is 78.3 cm³/mol. The van der Waals surface area contributed by atoms with E-state index in [1.54, 1.807) is 36.1 Å². The highest BCUT2D eigenvalue weighted by molar-refractivity contribution is 6.31. The van der Waals surface area contributed by atoms with Crippen molar-refractivity contribution in [1.29, 1.82) is 0 Å². The second-order valence-corrected chi connectivity index (χ2v) is 4.96. The Hall–Kier alpha value is -1.98. The molecule has 20 heavy (non-hydrogen) atoms. The number of hydrogen-bond acceptors (Lipinski definition) is 3. The van der Waals surface area contributed by atoms with Crippen LogP contribution in [0.5, 0.6) is 5.75 Å². The quantitative estimate of drug-likeness (QED) is 0.740. The summed E-state index contributed by atoms with van der Waals surface area (Å²) in [6.45, 7) is 0. The number of benzene rings is 1. The minimum atomic E-state index is -0.292. The number of methoxy groups -OCH3 is 1. The largest absolute Gasteiger partial charge is 0.494 e. The molecule has 7 heteroatoms. The number of hydrogen-bond donors (Lipinski definition) is 1. The van der Waals surface area contributed by atoms with Gasteiger partial charge in [-0.25, -0.2) is 4.68 Å². The van der Waals surface area contributed by atoms with Gasteiger partial charge in [0.25, 0.3) is 5.56 Å². The maximum absolute atomic E-state index is 11.8. The van der Waals surface area contributed by atoms with Crippen LogP contribution < -0.4 is 10.3 Å². The van der Waals surface area contributed by atoms with E-state index in [1.807, 2.05) is 0 Å². The average Bonchev–Trinajstić information content (AvgIpc) is 2.82. The highest BCUT2D eigenvalue weighted by Crippen LogP contribution is 2.28. The topological polar surface area (TPSA) is 59.9 Å². The van der Waals surface area contributed by atoms with Crippen molar-refractivity contribution in [2.75, 3.05) is 7.11 Å². The molecule has 2 heterocycles. The number of halogens is 2. The van der Waals surface area contributed by atoms with Gasteiger partial charge in [0, 0.05) is 11.1 Å². The number of nitrogens with zero attached hydrogens (tertiary/aromatic N) is 2. The van der Waals surface area contributed by atoms with E-state index in [0.717, 1.165) is 0 Å². The molecule has 5 nitrogen and oxygen atoms in total. The number of aromatic amines is 1. The van der Waals surface area contributed by atoms with Crippen LogP contribution >= 0.6 is 23.2 Å². The molecule has 0 aliphatic rings. The zero-order valence-electron chi connectivity index (χ0n) is 10.4. The third-order valence-corrected chi connectivity index (χ3v) is 3.36. The highest BCUT2D eigenvalue weighted by atomic mass is 35.5. The van der Waals surface area contributed by atoms with E-state index in [-0.39, 0.29) is 10.7 Å². The summed E-state index contributed by atoms with van der Waals surface area (Å²) in [4.78, 5) is 14.3. The van der Waals surface area contributed by atoms with Crippen molar-refractivity contribution in [2.45, 2.75) is 0 Å². The summed E-state index contributed by atoms with van der Waals surface area (Å²) in [5.74, 6) is 0.593. The average molecular weight is 310 g/mol. The Bertz CT molecular complexity index is 854. The highest BCUT2D eigenvalue weighted by Gasteiger charge is 2.13. The molecule has 1 N–H and O–H groups in total. The van der Waals surface area contributed by atoms with Crippen molar-refractivity contribution in [2.24, 2.45) is 0 Å². The third kappa shape index (κ3) is 2.05. The SMILES string of the molecule is COc1ccc(Cl)cc1-n1ncc2c(=O)[nH]c(Cl)cc21. The fourth-order valence-corrected chi connectivity index (χ4v) is 2.38. The molecule has 0 saturated heterocycles. The van der Waals surface area contributed by atoms with E-state index in [0.29, 0.717) is 27.4 Å². The molecule has 102 valence electrons. The summed E-state index contributed by atoms with van der Waals surface area (Å²) < 4.78 is 6.87. The van der Waals surface area contributed by atoms with Crippen molar-refractivity contribution < 1.29 is 4.74 Å². The van der Waals surface area contributed by atoms with Gasteiger partial charge in [-0.2, -0.15) is 5.10 Å². The Morgan fingerprint density at radius 2 is 2.10 bits per heavy atom. The monoisotopic (exact) mass is 309 g/mol. The van der Waals surface area contributed by atoms with Crippen LogP contribution in [-0.2, 0) is 0 Å². The van der Waals surface area contributed by atoms with Crippen molar-refractivity contribution in [3.05, 3.63) is 51.0 Å². The van der Waals surface area contributed by atoms with Gasteiger partial charge >= 0.3 is 0 Å². The molecular weight excluding hydrogens is 301 g/mol. The van der Waals surface area contributed by atoms with Crippen molar-refractivity contribution in [1.82, 2.24) is 14.8 Å². The Balaban J connectivity index is 2.36. The van der Waals surface area contributed by atoms with Gasteiger partial charge in [-0.15, -0.1) is 0 Å². The number of rotatable bonds is 2. The second-order valence-electron chi connectivity index (χ2n) is 4.12. The van der Waals surface area contributed by atoms with Gasteiger partial charge in [-0.1, -0.05) is 23.2 Å². The maximum Gasteiger partial charge on any atom is 0.260 e. The van der Waals surface area contributed by atoms with Crippen LogP contribution in [0.3, 0.4) is 0 Å². The Kier molecular flexibility index (Phi) is 3.16. The van der Waals surface area contributed by atoms with Crippen molar-refractivity contribution in [3.63, 3.8) is 0 Å². The molecule has 0 aliphatic heterocycles. The van der Waals surface area contributed by atoms with E-state index in [1.165, 1.54) is 6.20 Å². The lowest BCUT2D eigenvalue weighted by atomic mass is 10.2. The lowest BCUT2D eigenvalue weighted by Gasteiger charge is -2.10. The first kappa shape index (κ1) is 13.0. The number of aromatic nitrogens is 3. The zero-order chi connectivity index (χ0) is 14.3. The number of ether oxygens (including phenoxy) is 1. The van der Waals surface area contributed by atoms with E-state index < -0.39 is 0 Å². The first-order valence-electron chi connectivity index (χ1n) is 5.70. The van der Waals surface area contributed by atoms with E-state index in [4.69, 9.17) is 27.9 Å². The zero-order valence-corrected chi connectivity index (χ0v) is 11.9. The van der Waals surface area contributed by atoms with Crippen LogP contribution in [0.15, 0.2) is 35.3 Å². The summed E-state index contributed by atoms with van der Waals surface area (Å²) in [6, 6.07) is 6.79. The molecule has 0 amide bonds. The van der Waals surface area contributed by atoms with Gasteiger partial charge in [-0.05, 0) is 18.2 Å². The third-order valence-electron chi connectivity index (χ3n) is 2.92. The lowest BCUT2D eigenvalue weighted by Crippen LogP contribution is -2.06. The molecule has 1 aromatic carbocycles. The van der Waals surface area contributed by atoms with Gasteiger partial charge in [0.05, 0.1) is 24.2 Å². The van der Waals surface area contributed by atoms with Gasteiger partial charge < -0.3 is 9.72 Å². The molecular formula is C13H9Cl2N3O2. The number of nitrogens with one attached hydrogen (secondary N) is 1. The van der Waals surface area contributed by atoms with E-state index in [2.05, 4.69) is 10.1 Å². The standard InChI is InChI=1S/C13H9Cl2N3O2/c1-20-11-3-2-7(14)4-10(11)18-9-5-12(15)17-13(19)8(9)6-16-18/h2-6H,1H3,(H,17,19). The second kappa shape index (κ2) is 4.85. The van der Waals surface area contributed by atoms with Crippen LogP contribution in [0.2, 0.25) is 10.2 Å². The van der Waals surface area contributed by atoms with Crippen LogP contribution in [0.25, 0.3) is 16.6 Å². The summed E-state index contributed by atoms with van der Waals surface area (Å²) in [6.07, 6.45) is 1.48. The number of fused-ring (bicyclic) bond motifs is 1. The summed E-state index contributed by atoms with van der Waals surface area (Å²) in [7, 11) is 1.55. The summed E-state index contributed by atoms with van der Waals surface area (Å²) in [5, 5.41) is 5.44. The van der Waals surface area contributed by atoms with Crippen LogP contribution in [0.1, 0.15) is 0 Å². The fraction of sp³-hybridized carbons (Fsp3) is 0.0769. The summed E-state index contributed by atoms with van der Waals surface area (Å²) in [5.41, 5.74) is 0.927. The smallest absolute Gasteiger partial charge is 0.260 e. The Morgan fingerprint density at radius 1 is 1.30 bits per heavy atom. The van der Waals surface area contributed by atoms with Crippen molar-refractivity contribution >= 4 is 34.1 Å². The molecule has 2 aromatic heterocycles. The molecule has 0 saturated carbocycles. The van der Waals surface area contributed by atoms with E-state index >= 15 is 0 Å². The molecule has 3 aromatic rings. The Morgan fingerprint density at radius 3 is 2.85 bits per heavy atom. The molecule has 0 atom stereocenters. The molecule has 0 spiro atoms. The molecule has 0 unspecified atom stereocenters. The normalized spacial score (nSPS) is 10.9. The molecule has 3 rings (SSSR count). The summed E-state index contributed by atoms with van der Waals surface area (Å²) >= 11 is 11.9. The minimum Gasteiger partial charge on any atom is -0.494 e. The van der Waals surface area contributed by atoms with Crippen molar-refractivity contribution in [3.8, 4) is 11.4 Å². The molecule has 0 aliphatic carbocycles. The molecule has 0 fully saturated rings. The van der Waals surface area contributed by atoms with Gasteiger partial charge in [-0.3, -0.25) is 4.79 Å². The van der Waals surface area contributed by atoms with Crippen LogP contribution in [0, 0.1) is 0 Å². The first-order chi connectivity index (χ1) is 9.60. The Labute approximate surface area is 123 Å². The van der Waals surface area contributed by atoms with E-state index in [9.17, 15) is 4.79 Å². The number of pyridine rings is 1. The predicted octanol–water partition coefficient (Wildman–Crippen LogP) is 3.03. The minimum absolute atomic E-state index is 0.241. The van der Waals surface area contributed by atoms with Crippen LogP contribution in [0.4, 0.5) is 0 Å². The molecule has 0 radical (unpaired) electrons. The number of H-pyrrole nitrogens is 1. The van der Waals surface area contributed by atoms with Gasteiger partial charge in [0.1, 0.15) is 16.6 Å². The maximum atomic E-state index is 11.8. The van der Waals surface area contributed by atoms with Gasteiger partial charge in [0.2, 0.25) is 0 Å². The van der Waals surface area contributed by atoms with Gasteiger partial charge in [0.15, 0.2) is 0 Å². The molecule has 0 bridgehead atoms. The fourth-order valence-electron chi connectivity index (χ4n) is 2.02. The lowest BCUT2D eigenvalue weighted by molar-refractivity contribution is 0.412. The van der Waals surface area contributed by atoms with Crippen LogP contribution in [-0.4, -0.2) is 21.9 Å².